The van der Waals surface area contributed by atoms with Gasteiger partial charge in [0.2, 0.25) is 5.78 Å². The Morgan fingerprint density at radius 2 is 1.67 bits per heavy atom. The number of hydrogen-bond acceptors (Lipinski definition) is 5. The highest BCUT2D eigenvalue weighted by molar-refractivity contribution is 6.35. The summed E-state index contributed by atoms with van der Waals surface area (Å²) < 4.78 is 11.6. The van der Waals surface area contributed by atoms with Gasteiger partial charge >= 0.3 is 11.9 Å². The minimum atomic E-state index is -0.688. The van der Waals surface area contributed by atoms with Gasteiger partial charge in [-0.1, -0.05) is 23.2 Å². The Kier molecular flexibility index (Phi) is 7.05. The van der Waals surface area contributed by atoms with Gasteiger partial charge in [0.1, 0.15) is 0 Å². The molecule has 0 aliphatic carbocycles. The maximum atomic E-state index is 12.5. The molecular formula is C19H19Cl2NO5. The predicted octanol–water partition coefficient (Wildman–Crippen LogP) is 4.01. The van der Waals surface area contributed by atoms with E-state index in [0.29, 0.717) is 27.8 Å². The quantitative estimate of drug-likeness (QED) is 0.508. The zero-order valence-electron chi connectivity index (χ0n) is 15.2. The van der Waals surface area contributed by atoms with Crippen molar-refractivity contribution in [2.75, 3.05) is 13.7 Å². The van der Waals surface area contributed by atoms with Gasteiger partial charge in [-0.3, -0.25) is 9.59 Å². The van der Waals surface area contributed by atoms with Crippen molar-refractivity contribution < 1.29 is 23.9 Å². The molecule has 1 aromatic heterocycles. The van der Waals surface area contributed by atoms with Gasteiger partial charge in [-0.2, -0.15) is 0 Å². The molecule has 0 bridgehead atoms. The highest BCUT2D eigenvalue weighted by Crippen LogP contribution is 2.20. The molecule has 0 radical (unpaired) electrons. The highest BCUT2D eigenvalue weighted by Gasteiger charge is 2.18. The van der Waals surface area contributed by atoms with Crippen molar-refractivity contribution in [2.45, 2.75) is 26.8 Å². The van der Waals surface area contributed by atoms with E-state index in [9.17, 15) is 14.4 Å². The van der Waals surface area contributed by atoms with Crippen molar-refractivity contribution in [1.29, 1.82) is 0 Å². The van der Waals surface area contributed by atoms with Crippen LogP contribution in [0.5, 0.6) is 0 Å². The van der Waals surface area contributed by atoms with Crippen LogP contribution in [0.1, 0.15) is 38.5 Å². The summed E-state index contributed by atoms with van der Waals surface area (Å²) in [4.78, 5) is 35.9. The van der Waals surface area contributed by atoms with Gasteiger partial charge in [-0.15, -0.1) is 0 Å². The normalized spacial score (nSPS) is 10.6. The Hall–Kier alpha value is -2.31. The highest BCUT2D eigenvalue weighted by atomic mass is 35.5. The van der Waals surface area contributed by atoms with E-state index in [-0.39, 0.29) is 23.7 Å². The number of nitrogens with zero attached hydrogens (tertiary/aromatic N) is 1. The lowest BCUT2D eigenvalue weighted by Crippen LogP contribution is -2.15. The molecule has 0 aliphatic heterocycles. The predicted molar refractivity (Wildman–Crippen MR) is 102 cm³/mol. The van der Waals surface area contributed by atoms with E-state index in [1.54, 1.807) is 13.0 Å². The van der Waals surface area contributed by atoms with Crippen molar-refractivity contribution in [3.8, 4) is 0 Å². The fourth-order valence-corrected chi connectivity index (χ4v) is 3.22. The summed E-state index contributed by atoms with van der Waals surface area (Å²) in [6.45, 7) is 3.60. The van der Waals surface area contributed by atoms with E-state index in [2.05, 4.69) is 4.74 Å². The topological polar surface area (TPSA) is 74.6 Å². The largest absolute Gasteiger partial charge is 0.469 e. The van der Waals surface area contributed by atoms with E-state index >= 15 is 0 Å². The van der Waals surface area contributed by atoms with E-state index in [4.69, 9.17) is 27.9 Å². The number of carbonyl (C=O) groups is 3. The number of aromatic nitrogens is 1. The number of ketones is 1. The summed E-state index contributed by atoms with van der Waals surface area (Å²) in [7, 11) is 1.33. The molecule has 0 atom stereocenters. The molecule has 0 saturated heterocycles. The van der Waals surface area contributed by atoms with Crippen LogP contribution in [-0.4, -0.2) is 36.0 Å². The third-order valence-corrected chi connectivity index (χ3v) is 4.51. The first-order valence-corrected chi connectivity index (χ1v) is 8.88. The number of benzene rings is 1. The van der Waals surface area contributed by atoms with Crippen molar-refractivity contribution in [2.24, 2.45) is 0 Å². The molecule has 6 nitrogen and oxygen atoms in total. The first-order valence-electron chi connectivity index (χ1n) is 8.13. The van der Waals surface area contributed by atoms with Gasteiger partial charge in [0.25, 0.3) is 0 Å². The molecule has 0 spiro atoms. The first kappa shape index (κ1) is 21.0. The van der Waals surface area contributed by atoms with Crippen molar-refractivity contribution in [3.05, 3.63) is 56.8 Å². The summed E-state index contributed by atoms with van der Waals surface area (Å²) in [5, 5.41) is 0.602. The molecule has 0 saturated carbocycles. The number of aryl methyl sites for hydroxylation is 1. The summed E-state index contributed by atoms with van der Waals surface area (Å²) in [6.07, 6.45) is 0.199. The van der Waals surface area contributed by atoms with E-state index in [1.807, 2.05) is 11.5 Å². The second kappa shape index (κ2) is 9.06. The molecule has 2 aromatic rings. The fraction of sp³-hybridized carbons (Fsp3) is 0.316. The van der Waals surface area contributed by atoms with Gasteiger partial charge in [0, 0.05) is 33.5 Å². The fourth-order valence-electron chi connectivity index (χ4n) is 2.70. The van der Waals surface area contributed by atoms with Crippen LogP contribution >= 0.6 is 23.2 Å². The van der Waals surface area contributed by atoms with Crippen LogP contribution in [0.15, 0.2) is 24.3 Å². The lowest BCUT2D eigenvalue weighted by Gasteiger charge is -2.09. The van der Waals surface area contributed by atoms with Gasteiger partial charge in [0.05, 0.1) is 19.1 Å². The molecule has 0 fully saturated rings. The molecule has 0 aliphatic rings. The Morgan fingerprint density at radius 1 is 1.04 bits per heavy atom. The maximum Gasteiger partial charge on any atom is 0.338 e. The molecule has 1 heterocycles. The Labute approximate surface area is 167 Å². The van der Waals surface area contributed by atoms with E-state index in [1.165, 1.54) is 25.3 Å². The maximum absolute atomic E-state index is 12.5. The molecule has 0 amide bonds. The van der Waals surface area contributed by atoms with Gasteiger partial charge in [-0.05, 0) is 38.1 Å². The number of hydrogen-bond donors (Lipinski definition) is 0. The monoisotopic (exact) mass is 411 g/mol. The van der Waals surface area contributed by atoms with Crippen LogP contribution in [0.3, 0.4) is 0 Å². The van der Waals surface area contributed by atoms with Crippen LogP contribution in [0.4, 0.5) is 0 Å². The summed E-state index contributed by atoms with van der Waals surface area (Å²) >= 11 is 11.7. The van der Waals surface area contributed by atoms with Crippen LogP contribution in [0.2, 0.25) is 10.0 Å². The molecule has 144 valence electrons. The minimum Gasteiger partial charge on any atom is -0.469 e. The molecule has 27 heavy (non-hydrogen) atoms. The molecule has 2 rings (SSSR count). The molecular weight excluding hydrogens is 393 g/mol. The summed E-state index contributed by atoms with van der Waals surface area (Å²) in [6, 6.07) is 6.03. The zero-order valence-corrected chi connectivity index (χ0v) is 16.7. The first-order chi connectivity index (χ1) is 12.7. The van der Waals surface area contributed by atoms with Gasteiger partial charge < -0.3 is 14.0 Å². The SMILES string of the molecule is COC(=O)CCn1c(C)cc(C(=O)COC(=O)c2cc(Cl)cc(Cl)c2)c1C. The molecule has 0 N–H and O–H groups in total. The lowest BCUT2D eigenvalue weighted by atomic mass is 10.1. The average molecular weight is 412 g/mol. The van der Waals surface area contributed by atoms with Crippen LogP contribution < -0.4 is 0 Å². The Morgan fingerprint density at radius 3 is 2.26 bits per heavy atom. The molecule has 8 heteroatoms. The number of ether oxygens (including phenoxy) is 2. The zero-order chi connectivity index (χ0) is 20.1. The van der Waals surface area contributed by atoms with E-state index in [0.717, 1.165) is 5.69 Å². The van der Waals surface area contributed by atoms with Crippen molar-refractivity contribution in [3.63, 3.8) is 0 Å². The smallest absolute Gasteiger partial charge is 0.338 e. The Bertz CT molecular complexity index is 868. The van der Waals surface area contributed by atoms with E-state index < -0.39 is 12.6 Å². The second-order valence-corrected chi connectivity index (χ2v) is 6.79. The summed E-state index contributed by atoms with van der Waals surface area (Å²) in [5.41, 5.74) is 2.13. The number of methoxy groups -OCH3 is 1. The van der Waals surface area contributed by atoms with Crippen LogP contribution in [0, 0.1) is 13.8 Å². The standard InChI is InChI=1S/C19H19Cl2NO5/c1-11-6-16(12(2)22(11)5-4-18(24)26-3)17(23)10-27-19(25)13-7-14(20)9-15(21)8-13/h6-9H,4-5,10H2,1-3H3. The summed E-state index contributed by atoms with van der Waals surface area (Å²) in [5.74, 6) is -1.36. The number of esters is 2. The lowest BCUT2D eigenvalue weighted by molar-refractivity contribution is -0.140. The second-order valence-electron chi connectivity index (χ2n) is 5.92. The third-order valence-electron chi connectivity index (χ3n) is 4.07. The number of carbonyl (C=O) groups excluding carboxylic acids is 3. The van der Waals surface area contributed by atoms with Crippen LogP contribution in [0.25, 0.3) is 0 Å². The average Bonchev–Trinajstić information content (AvgIpc) is 2.90. The van der Waals surface area contributed by atoms with Gasteiger partial charge in [0.15, 0.2) is 6.61 Å². The number of rotatable bonds is 7. The van der Waals surface area contributed by atoms with Gasteiger partial charge in [-0.25, -0.2) is 4.79 Å². The van der Waals surface area contributed by atoms with Crippen LogP contribution in [-0.2, 0) is 20.8 Å². The van der Waals surface area contributed by atoms with Crippen molar-refractivity contribution in [1.82, 2.24) is 4.57 Å². The number of halogens is 2. The minimum absolute atomic E-state index is 0.170. The third kappa shape index (κ3) is 5.34. The van der Waals surface area contributed by atoms with Crippen molar-refractivity contribution >= 4 is 40.9 Å². The Balaban J connectivity index is 2.05. The number of Topliss-reactive ketones (excluding diaryl/α,β-unsaturated/α-hetero) is 1. The molecule has 0 unspecified atom stereocenters. The molecule has 1 aromatic carbocycles.